The Labute approximate surface area is 176 Å². The number of hydrogen-bond acceptors (Lipinski definition) is 6. The van der Waals surface area contributed by atoms with Crippen molar-refractivity contribution < 1.29 is 9.94 Å². The van der Waals surface area contributed by atoms with Gasteiger partial charge in [-0.3, -0.25) is 10.3 Å². The number of aliphatic hydroxyl groups is 1. The number of benzene rings is 2. The predicted octanol–water partition coefficient (Wildman–Crippen LogP) is 4.21. The van der Waals surface area contributed by atoms with Gasteiger partial charge in [0.05, 0.1) is 19.4 Å². The zero-order valence-electron chi connectivity index (χ0n) is 18.8. The van der Waals surface area contributed by atoms with Gasteiger partial charge < -0.3 is 20.6 Å². The molecule has 0 amide bonds. The summed E-state index contributed by atoms with van der Waals surface area (Å²) >= 11 is 0. The molecule has 0 aromatic heterocycles. The van der Waals surface area contributed by atoms with Gasteiger partial charge in [-0.2, -0.15) is 0 Å². The minimum atomic E-state index is 0.178. The van der Waals surface area contributed by atoms with Crippen molar-refractivity contribution in [2.24, 2.45) is 0 Å². The van der Waals surface area contributed by atoms with Gasteiger partial charge in [-0.1, -0.05) is 0 Å². The Bertz CT molecular complexity index is 733. The molecule has 0 unspecified atom stereocenters. The number of nitrogen functional groups attached to an aromatic ring is 1. The summed E-state index contributed by atoms with van der Waals surface area (Å²) in [6.45, 7) is 14.3. The first kappa shape index (κ1) is 24.6. The fourth-order valence-corrected chi connectivity index (χ4v) is 3.10. The van der Waals surface area contributed by atoms with Crippen LogP contribution in [-0.4, -0.2) is 45.0 Å². The Hall–Kier alpha value is -2.44. The van der Waals surface area contributed by atoms with Crippen LogP contribution in [0.2, 0.25) is 0 Å². The lowest BCUT2D eigenvalue weighted by Crippen LogP contribution is -2.26. The number of rotatable bonds is 9. The van der Waals surface area contributed by atoms with Crippen LogP contribution in [0.15, 0.2) is 36.4 Å². The van der Waals surface area contributed by atoms with Gasteiger partial charge in [0.1, 0.15) is 0 Å². The summed E-state index contributed by atoms with van der Waals surface area (Å²) in [5, 5.41) is 8.89. The molecule has 2 aromatic carbocycles. The third-order valence-electron chi connectivity index (χ3n) is 4.92. The van der Waals surface area contributed by atoms with Crippen LogP contribution in [0.5, 0.6) is 0 Å². The molecule has 6 nitrogen and oxygen atoms in total. The van der Waals surface area contributed by atoms with E-state index in [-0.39, 0.29) is 6.61 Å². The Kier molecular flexibility index (Phi) is 10.9. The lowest BCUT2D eigenvalue weighted by Gasteiger charge is -2.22. The average Bonchev–Trinajstić information content (AvgIpc) is 2.72. The molecule has 0 aliphatic heterocycles. The van der Waals surface area contributed by atoms with Gasteiger partial charge in [0.25, 0.3) is 0 Å². The molecule has 0 saturated heterocycles. The summed E-state index contributed by atoms with van der Waals surface area (Å²) in [4.78, 5) is 9.34. The monoisotopic (exact) mass is 402 g/mol. The zero-order valence-corrected chi connectivity index (χ0v) is 18.8. The number of nitrogens with zero attached hydrogens (tertiary/aromatic N) is 2. The van der Waals surface area contributed by atoms with Gasteiger partial charge in [0.2, 0.25) is 0 Å². The number of nitrogens with one attached hydrogen (secondary N) is 1. The Morgan fingerprint density at radius 1 is 0.897 bits per heavy atom. The Balaban J connectivity index is 0.000000291. The highest BCUT2D eigenvalue weighted by Crippen LogP contribution is 2.22. The Morgan fingerprint density at radius 2 is 1.45 bits per heavy atom. The van der Waals surface area contributed by atoms with Crippen molar-refractivity contribution in [1.29, 1.82) is 0 Å². The molecular weight excluding hydrogens is 364 g/mol. The predicted molar refractivity (Wildman–Crippen MR) is 126 cm³/mol. The van der Waals surface area contributed by atoms with E-state index in [0.29, 0.717) is 6.54 Å². The van der Waals surface area contributed by atoms with Crippen molar-refractivity contribution in [2.75, 3.05) is 60.9 Å². The first-order valence-electron chi connectivity index (χ1n) is 10.3. The number of hydrogen-bond donors (Lipinski definition) is 3. The first-order chi connectivity index (χ1) is 13.9. The van der Waals surface area contributed by atoms with E-state index in [1.807, 2.05) is 25.1 Å². The van der Waals surface area contributed by atoms with Crippen molar-refractivity contribution in [3.05, 3.63) is 47.5 Å². The smallest absolute Gasteiger partial charge is 0.0636 e. The number of aliphatic hydroxyl groups excluding tert-OH is 1. The molecule has 0 bridgehead atoms. The molecule has 0 radical (unpaired) electrons. The molecule has 4 N–H and O–H groups in total. The summed E-state index contributed by atoms with van der Waals surface area (Å²) in [5.74, 6) is 0. The van der Waals surface area contributed by atoms with Crippen LogP contribution in [0.1, 0.15) is 31.9 Å². The highest BCUT2D eigenvalue weighted by molar-refractivity contribution is 5.59. The molecule has 6 heteroatoms. The van der Waals surface area contributed by atoms with Crippen LogP contribution in [0.25, 0.3) is 0 Å². The van der Waals surface area contributed by atoms with Crippen LogP contribution in [0, 0.1) is 13.8 Å². The average molecular weight is 403 g/mol. The SMILES string of the molecule is CCN(CC)c1ccc(NOC)c(C)c1.CCN(CCO)c1ccc(N)c(C)c1. The zero-order chi connectivity index (χ0) is 21.8. The van der Waals surface area contributed by atoms with E-state index in [2.05, 4.69) is 61.2 Å². The van der Waals surface area contributed by atoms with Gasteiger partial charge in [0.15, 0.2) is 0 Å². The lowest BCUT2D eigenvalue weighted by molar-refractivity contribution is 0.270. The largest absolute Gasteiger partial charge is 0.399 e. The molecule has 2 rings (SSSR count). The standard InChI is InChI=1S/C12H20N2O.C11H18N2O/c1-5-14(6-2)11-7-8-12(13-15-4)10(3)9-11;1-3-13(6-7-14)10-4-5-11(12)9(2)8-10/h7-9,13H,5-6H2,1-4H3;4-5,8,14H,3,6-7,12H2,1-2H3. The molecule has 0 saturated carbocycles. The van der Waals surface area contributed by atoms with E-state index in [0.717, 1.165) is 42.3 Å². The third kappa shape index (κ3) is 7.48. The molecule has 0 spiro atoms. The van der Waals surface area contributed by atoms with Crippen LogP contribution in [-0.2, 0) is 4.84 Å². The summed E-state index contributed by atoms with van der Waals surface area (Å²) in [6, 6.07) is 12.3. The second-order valence-corrected chi connectivity index (χ2v) is 6.82. The van der Waals surface area contributed by atoms with E-state index < -0.39 is 0 Å². The second kappa shape index (κ2) is 12.9. The molecular formula is C23H38N4O2. The number of anilines is 4. The van der Waals surface area contributed by atoms with Crippen molar-refractivity contribution >= 4 is 22.7 Å². The normalized spacial score (nSPS) is 10.2. The molecule has 29 heavy (non-hydrogen) atoms. The minimum Gasteiger partial charge on any atom is -0.399 e. The molecule has 2 aromatic rings. The van der Waals surface area contributed by atoms with Crippen molar-refractivity contribution in [2.45, 2.75) is 34.6 Å². The van der Waals surface area contributed by atoms with Crippen LogP contribution in [0.3, 0.4) is 0 Å². The maximum Gasteiger partial charge on any atom is 0.0636 e. The topological polar surface area (TPSA) is 74.0 Å². The molecule has 0 heterocycles. The first-order valence-corrected chi connectivity index (χ1v) is 10.3. The van der Waals surface area contributed by atoms with Crippen LogP contribution in [0.4, 0.5) is 22.7 Å². The Morgan fingerprint density at radius 3 is 1.93 bits per heavy atom. The van der Waals surface area contributed by atoms with Crippen molar-refractivity contribution in [3.8, 4) is 0 Å². The van der Waals surface area contributed by atoms with E-state index >= 15 is 0 Å². The van der Waals surface area contributed by atoms with Crippen LogP contribution < -0.4 is 21.0 Å². The van der Waals surface area contributed by atoms with E-state index in [1.165, 1.54) is 11.3 Å². The van der Waals surface area contributed by atoms with Gasteiger partial charge in [-0.15, -0.1) is 0 Å². The third-order valence-corrected chi connectivity index (χ3v) is 4.92. The summed E-state index contributed by atoms with van der Waals surface area (Å²) in [7, 11) is 1.62. The number of likely N-dealkylation sites (N-methyl/N-ethyl adjacent to an activating group) is 1. The van der Waals surface area contributed by atoms with Gasteiger partial charge in [-0.05, 0) is 82.1 Å². The molecule has 0 aliphatic carbocycles. The number of aryl methyl sites for hydroxylation is 2. The summed E-state index contributed by atoms with van der Waals surface area (Å²) < 4.78 is 0. The maximum absolute atomic E-state index is 8.89. The highest BCUT2D eigenvalue weighted by Gasteiger charge is 2.05. The van der Waals surface area contributed by atoms with E-state index in [9.17, 15) is 0 Å². The van der Waals surface area contributed by atoms with Gasteiger partial charge in [-0.25, -0.2) is 0 Å². The summed E-state index contributed by atoms with van der Waals surface area (Å²) in [6.07, 6.45) is 0. The highest BCUT2D eigenvalue weighted by atomic mass is 16.6. The molecule has 162 valence electrons. The molecule has 0 aliphatic rings. The van der Waals surface area contributed by atoms with Crippen LogP contribution >= 0.6 is 0 Å². The number of nitrogens with two attached hydrogens (primary N) is 1. The second-order valence-electron chi connectivity index (χ2n) is 6.82. The van der Waals surface area contributed by atoms with Crippen molar-refractivity contribution in [3.63, 3.8) is 0 Å². The quantitative estimate of drug-likeness (QED) is 0.431. The lowest BCUT2D eigenvalue weighted by atomic mass is 10.1. The maximum atomic E-state index is 8.89. The fraction of sp³-hybridized carbons (Fsp3) is 0.478. The van der Waals surface area contributed by atoms with Gasteiger partial charge >= 0.3 is 0 Å². The van der Waals surface area contributed by atoms with Gasteiger partial charge in [0, 0.05) is 43.2 Å². The van der Waals surface area contributed by atoms with E-state index in [1.54, 1.807) is 7.11 Å². The van der Waals surface area contributed by atoms with E-state index in [4.69, 9.17) is 15.7 Å². The fourth-order valence-electron chi connectivity index (χ4n) is 3.10. The summed E-state index contributed by atoms with van der Waals surface area (Å²) in [5.41, 5.74) is 15.1. The minimum absolute atomic E-state index is 0.178. The molecule has 0 atom stereocenters. The molecule has 0 fully saturated rings. The van der Waals surface area contributed by atoms with Crippen molar-refractivity contribution in [1.82, 2.24) is 0 Å².